The molecule has 0 saturated heterocycles. The van der Waals surface area contributed by atoms with E-state index in [1.54, 1.807) is 0 Å². The Kier molecular flexibility index (Phi) is 4.23. The summed E-state index contributed by atoms with van der Waals surface area (Å²) in [6, 6.07) is 1.42. The minimum Gasteiger partial charge on any atom is -0.481 e. The smallest absolute Gasteiger partial charge is 0.304 e. The van der Waals surface area contributed by atoms with Gasteiger partial charge in [-0.3, -0.25) is 9.59 Å². The van der Waals surface area contributed by atoms with Crippen LogP contribution in [0.4, 0.5) is 0 Å². The van der Waals surface area contributed by atoms with Crippen LogP contribution in [0.2, 0.25) is 0 Å². The van der Waals surface area contributed by atoms with Crippen LogP contribution in [0.15, 0.2) is 10.9 Å². The first-order valence-corrected chi connectivity index (χ1v) is 6.73. The average Bonchev–Trinajstić information content (AvgIpc) is 2.78. The van der Waals surface area contributed by atoms with Gasteiger partial charge in [0.2, 0.25) is 4.96 Å². The Hall–Kier alpha value is -1.80. The Bertz CT molecular complexity index is 649. The van der Waals surface area contributed by atoms with Crippen LogP contribution in [-0.2, 0) is 17.8 Å². The number of carboxylic acid groups (broad SMARTS) is 1. The zero-order valence-corrected chi connectivity index (χ0v) is 11.2. The van der Waals surface area contributed by atoms with Crippen molar-refractivity contribution >= 4 is 22.3 Å². The van der Waals surface area contributed by atoms with Crippen LogP contribution < -0.4 is 10.9 Å². The lowest BCUT2D eigenvalue weighted by Gasteiger charge is -2.01. The third kappa shape index (κ3) is 3.36. The summed E-state index contributed by atoms with van der Waals surface area (Å²) < 4.78 is 1.30. The van der Waals surface area contributed by atoms with E-state index in [1.165, 1.54) is 21.9 Å². The van der Waals surface area contributed by atoms with Crippen molar-refractivity contribution in [3.8, 4) is 0 Å². The van der Waals surface area contributed by atoms with Gasteiger partial charge in [-0.15, -0.1) is 0 Å². The van der Waals surface area contributed by atoms with E-state index < -0.39 is 5.97 Å². The van der Waals surface area contributed by atoms with E-state index in [4.69, 9.17) is 5.11 Å². The lowest BCUT2D eigenvalue weighted by Crippen LogP contribution is -2.21. The molecule has 0 fully saturated rings. The second-order valence-corrected chi connectivity index (χ2v) is 4.99. The van der Waals surface area contributed by atoms with Gasteiger partial charge in [0.25, 0.3) is 5.56 Å². The second-order valence-electron chi connectivity index (χ2n) is 3.95. The SMILES string of the molecule is CCc1nn2c(=O)cc(CNCCC(=O)O)nc2s1. The number of fused-ring (bicyclic) bond motifs is 1. The van der Waals surface area contributed by atoms with Crippen LogP contribution in [0.3, 0.4) is 0 Å². The predicted octanol–water partition coefficient (Wildman–Crippen LogP) is 0.278. The van der Waals surface area contributed by atoms with Crippen molar-refractivity contribution in [2.24, 2.45) is 0 Å². The Balaban J connectivity index is 2.11. The molecule has 7 nitrogen and oxygen atoms in total. The van der Waals surface area contributed by atoms with Crippen molar-refractivity contribution in [1.82, 2.24) is 19.9 Å². The van der Waals surface area contributed by atoms with Gasteiger partial charge in [-0.05, 0) is 6.42 Å². The lowest BCUT2D eigenvalue weighted by molar-refractivity contribution is -0.136. The zero-order valence-electron chi connectivity index (χ0n) is 10.4. The molecule has 2 N–H and O–H groups in total. The first-order valence-electron chi connectivity index (χ1n) is 5.91. The first-order chi connectivity index (χ1) is 9.10. The molecule has 8 heteroatoms. The summed E-state index contributed by atoms with van der Waals surface area (Å²) in [5.41, 5.74) is 0.387. The monoisotopic (exact) mass is 282 g/mol. The molecule has 0 saturated carbocycles. The fraction of sp³-hybridized carbons (Fsp3) is 0.455. The molecule has 2 heterocycles. The highest BCUT2D eigenvalue weighted by Gasteiger charge is 2.07. The quantitative estimate of drug-likeness (QED) is 0.739. The fourth-order valence-corrected chi connectivity index (χ4v) is 2.40. The summed E-state index contributed by atoms with van der Waals surface area (Å²) in [7, 11) is 0. The van der Waals surface area contributed by atoms with Crippen LogP contribution in [0, 0.1) is 0 Å². The fourth-order valence-electron chi connectivity index (χ4n) is 1.54. The Labute approximate surface area is 112 Å². The van der Waals surface area contributed by atoms with Crippen molar-refractivity contribution in [1.29, 1.82) is 0 Å². The van der Waals surface area contributed by atoms with Gasteiger partial charge in [-0.1, -0.05) is 18.3 Å². The van der Waals surface area contributed by atoms with Gasteiger partial charge >= 0.3 is 5.97 Å². The van der Waals surface area contributed by atoms with Gasteiger partial charge in [-0.25, -0.2) is 4.98 Å². The third-order valence-electron chi connectivity index (χ3n) is 2.46. The zero-order chi connectivity index (χ0) is 13.8. The molecule has 19 heavy (non-hydrogen) atoms. The van der Waals surface area contributed by atoms with E-state index in [9.17, 15) is 9.59 Å². The Morgan fingerprint density at radius 3 is 3.05 bits per heavy atom. The summed E-state index contributed by atoms with van der Waals surface area (Å²) in [5, 5.41) is 16.5. The maximum Gasteiger partial charge on any atom is 0.304 e. The van der Waals surface area contributed by atoms with Crippen LogP contribution in [0.25, 0.3) is 4.96 Å². The third-order valence-corrected chi connectivity index (χ3v) is 3.52. The normalized spacial score (nSPS) is 11.0. The number of rotatable bonds is 6. The number of aromatic nitrogens is 3. The summed E-state index contributed by atoms with van der Waals surface area (Å²) in [6.45, 7) is 2.69. The molecule has 0 aromatic carbocycles. The molecule has 0 aliphatic rings. The maximum atomic E-state index is 11.8. The number of hydrogen-bond donors (Lipinski definition) is 2. The van der Waals surface area contributed by atoms with Gasteiger partial charge in [0, 0.05) is 19.2 Å². The second kappa shape index (κ2) is 5.89. The molecule has 0 aliphatic heterocycles. The van der Waals surface area contributed by atoms with E-state index in [-0.39, 0.29) is 12.0 Å². The lowest BCUT2D eigenvalue weighted by atomic mass is 10.3. The molecule has 0 amide bonds. The Morgan fingerprint density at radius 1 is 1.58 bits per heavy atom. The van der Waals surface area contributed by atoms with Gasteiger partial charge in [0.1, 0.15) is 5.01 Å². The molecular formula is C11H14N4O3S. The molecule has 2 rings (SSSR count). The van der Waals surface area contributed by atoms with E-state index in [1.807, 2.05) is 6.92 Å². The predicted molar refractivity (Wildman–Crippen MR) is 70.5 cm³/mol. The maximum absolute atomic E-state index is 11.8. The van der Waals surface area contributed by atoms with E-state index in [0.29, 0.717) is 23.7 Å². The molecular weight excluding hydrogens is 268 g/mol. The van der Waals surface area contributed by atoms with Crippen molar-refractivity contribution in [3.63, 3.8) is 0 Å². The van der Waals surface area contributed by atoms with Crippen LogP contribution in [0.1, 0.15) is 24.0 Å². The molecule has 0 bridgehead atoms. The summed E-state index contributed by atoms with van der Waals surface area (Å²) >= 11 is 1.39. The molecule has 0 atom stereocenters. The molecule has 2 aromatic rings. The number of nitrogens with one attached hydrogen (secondary N) is 1. The topological polar surface area (TPSA) is 96.6 Å². The van der Waals surface area contributed by atoms with Gasteiger partial charge in [-0.2, -0.15) is 9.61 Å². The number of carboxylic acids is 1. The number of aryl methyl sites for hydroxylation is 1. The molecule has 0 spiro atoms. The first kappa shape index (κ1) is 13.6. The number of hydrogen-bond acceptors (Lipinski definition) is 6. The Morgan fingerprint density at radius 2 is 2.37 bits per heavy atom. The molecule has 0 unspecified atom stereocenters. The van der Waals surface area contributed by atoms with Crippen LogP contribution in [0.5, 0.6) is 0 Å². The molecule has 2 aromatic heterocycles. The van der Waals surface area contributed by atoms with Gasteiger partial charge in [0.05, 0.1) is 12.1 Å². The van der Waals surface area contributed by atoms with Gasteiger partial charge < -0.3 is 10.4 Å². The van der Waals surface area contributed by atoms with E-state index in [0.717, 1.165) is 11.4 Å². The van der Waals surface area contributed by atoms with Crippen molar-refractivity contribution in [2.45, 2.75) is 26.3 Å². The number of nitrogens with zero attached hydrogens (tertiary/aromatic N) is 3. The summed E-state index contributed by atoms with van der Waals surface area (Å²) in [5.74, 6) is -0.856. The highest BCUT2D eigenvalue weighted by Crippen LogP contribution is 2.11. The summed E-state index contributed by atoms with van der Waals surface area (Å²) in [6.07, 6.45) is 0.807. The minimum atomic E-state index is -0.856. The largest absolute Gasteiger partial charge is 0.481 e. The molecule has 0 radical (unpaired) electrons. The van der Waals surface area contributed by atoms with Crippen LogP contribution in [-0.4, -0.2) is 32.2 Å². The van der Waals surface area contributed by atoms with Crippen molar-refractivity contribution in [3.05, 3.63) is 27.1 Å². The average molecular weight is 282 g/mol. The summed E-state index contributed by atoms with van der Waals surface area (Å²) in [4.78, 5) is 27.1. The molecule has 0 aliphatic carbocycles. The van der Waals surface area contributed by atoms with Crippen molar-refractivity contribution < 1.29 is 9.90 Å². The van der Waals surface area contributed by atoms with Gasteiger partial charge in [0.15, 0.2) is 0 Å². The standard InChI is InChI=1S/C11H14N4O3S/c1-2-8-14-15-9(16)5-7(13-11(15)19-8)6-12-4-3-10(17)18/h5,12H,2-4,6H2,1H3,(H,17,18). The van der Waals surface area contributed by atoms with E-state index in [2.05, 4.69) is 15.4 Å². The number of carbonyl (C=O) groups is 1. The minimum absolute atomic E-state index is 0.0434. The highest BCUT2D eigenvalue weighted by molar-refractivity contribution is 7.16. The van der Waals surface area contributed by atoms with Crippen molar-refractivity contribution in [2.75, 3.05) is 6.54 Å². The highest BCUT2D eigenvalue weighted by atomic mass is 32.1. The number of aliphatic carboxylic acids is 1. The van der Waals surface area contributed by atoms with E-state index >= 15 is 0 Å². The molecule has 102 valence electrons. The van der Waals surface area contributed by atoms with Crippen LogP contribution >= 0.6 is 11.3 Å².